The lowest BCUT2D eigenvalue weighted by atomic mass is 9.46. The van der Waals surface area contributed by atoms with Gasteiger partial charge in [-0.05, 0) is 36.0 Å². The maximum atomic E-state index is 2.46. The first-order chi connectivity index (χ1) is 4.62. The van der Waals surface area contributed by atoms with E-state index in [0.29, 0.717) is 5.41 Å². The Hall–Kier alpha value is 0. The van der Waals surface area contributed by atoms with Gasteiger partial charge in [-0.25, -0.2) is 0 Å². The van der Waals surface area contributed by atoms with Gasteiger partial charge < -0.3 is 0 Å². The number of hydrogen-bond donors (Lipinski definition) is 0. The lowest BCUT2D eigenvalue weighted by molar-refractivity contribution is -0.0988. The van der Waals surface area contributed by atoms with Gasteiger partial charge in [0.1, 0.15) is 0 Å². The van der Waals surface area contributed by atoms with E-state index in [1.807, 2.05) is 0 Å². The van der Waals surface area contributed by atoms with Crippen molar-refractivity contribution < 1.29 is 0 Å². The summed E-state index contributed by atoms with van der Waals surface area (Å²) in [7, 11) is 0. The molecule has 0 aromatic carbocycles. The molecule has 0 spiro atoms. The van der Waals surface area contributed by atoms with Gasteiger partial charge in [0.15, 0.2) is 0 Å². The SMILES string of the molecule is CC1CC[C@H]2CC1C2(C)C. The zero-order valence-corrected chi connectivity index (χ0v) is 7.35. The summed E-state index contributed by atoms with van der Waals surface area (Å²) in [6.07, 6.45) is 4.54. The molecule has 0 amide bonds. The first kappa shape index (κ1) is 6.69. The molecule has 2 unspecified atom stereocenters. The largest absolute Gasteiger partial charge is 0.0622 e. The Balaban J connectivity index is 2.16. The van der Waals surface area contributed by atoms with Gasteiger partial charge in [-0.3, -0.25) is 0 Å². The van der Waals surface area contributed by atoms with Gasteiger partial charge in [0, 0.05) is 0 Å². The summed E-state index contributed by atoms with van der Waals surface area (Å²) in [5.74, 6) is 3.15. The fraction of sp³-hybridized carbons (Fsp3) is 1.00. The van der Waals surface area contributed by atoms with Crippen LogP contribution in [-0.4, -0.2) is 0 Å². The molecule has 0 heterocycles. The maximum absolute atomic E-state index is 2.46. The highest BCUT2D eigenvalue weighted by Gasteiger charge is 2.52. The van der Waals surface area contributed by atoms with Crippen molar-refractivity contribution in [1.82, 2.24) is 0 Å². The predicted octanol–water partition coefficient (Wildman–Crippen LogP) is 3.08. The van der Waals surface area contributed by atoms with E-state index in [1.54, 1.807) is 0 Å². The van der Waals surface area contributed by atoms with Crippen molar-refractivity contribution in [1.29, 1.82) is 0 Å². The second kappa shape index (κ2) is 1.78. The van der Waals surface area contributed by atoms with E-state index in [4.69, 9.17) is 0 Å². The van der Waals surface area contributed by atoms with Crippen LogP contribution in [-0.2, 0) is 0 Å². The highest BCUT2D eigenvalue weighted by Crippen LogP contribution is 2.61. The van der Waals surface area contributed by atoms with E-state index in [0.717, 1.165) is 17.8 Å². The van der Waals surface area contributed by atoms with Crippen LogP contribution in [0.25, 0.3) is 0 Å². The van der Waals surface area contributed by atoms with Gasteiger partial charge in [0.2, 0.25) is 0 Å². The van der Waals surface area contributed by atoms with Crippen LogP contribution >= 0.6 is 0 Å². The standard InChI is InChI=1S/C10H18/c1-7-4-5-8-6-9(7)10(8,2)3/h7-9H,4-6H2,1-3H3/t7?,8-,9?/m0/s1. The molecule has 2 bridgehead atoms. The molecular weight excluding hydrogens is 120 g/mol. The maximum Gasteiger partial charge on any atom is -0.0295 e. The summed E-state index contributed by atoms with van der Waals surface area (Å²) >= 11 is 0. The number of fused-ring (bicyclic) bond motifs is 2. The summed E-state index contributed by atoms with van der Waals surface area (Å²) in [4.78, 5) is 0. The van der Waals surface area contributed by atoms with Gasteiger partial charge in [0.25, 0.3) is 0 Å². The van der Waals surface area contributed by atoms with Crippen molar-refractivity contribution in [2.75, 3.05) is 0 Å². The molecule has 3 aliphatic rings. The highest BCUT2D eigenvalue weighted by molar-refractivity contribution is 5.01. The van der Waals surface area contributed by atoms with E-state index >= 15 is 0 Å². The molecule has 3 fully saturated rings. The highest BCUT2D eigenvalue weighted by atomic mass is 14.6. The molecule has 0 nitrogen and oxygen atoms in total. The predicted molar refractivity (Wildman–Crippen MR) is 43.8 cm³/mol. The van der Waals surface area contributed by atoms with Crippen molar-refractivity contribution in [3.05, 3.63) is 0 Å². The molecule has 0 radical (unpaired) electrons. The third-order valence-corrected chi connectivity index (χ3v) is 4.20. The van der Waals surface area contributed by atoms with Gasteiger partial charge >= 0.3 is 0 Å². The number of hydrogen-bond acceptors (Lipinski definition) is 0. The van der Waals surface area contributed by atoms with Crippen molar-refractivity contribution in [3.63, 3.8) is 0 Å². The molecule has 58 valence electrons. The molecule has 3 saturated carbocycles. The van der Waals surface area contributed by atoms with Crippen molar-refractivity contribution in [2.24, 2.45) is 23.2 Å². The second-order valence-electron chi connectivity index (χ2n) is 4.92. The molecule has 0 heteroatoms. The van der Waals surface area contributed by atoms with Crippen LogP contribution in [0.3, 0.4) is 0 Å². The topological polar surface area (TPSA) is 0 Å². The molecule has 0 N–H and O–H groups in total. The van der Waals surface area contributed by atoms with Gasteiger partial charge in [-0.1, -0.05) is 27.2 Å². The van der Waals surface area contributed by atoms with E-state index in [9.17, 15) is 0 Å². The minimum atomic E-state index is 0.706. The van der Waals surface area contributed by atoms with Crippen LogP contribution in [0.4, 0.5) is 0 Å². The summed E-state index contributed by atoms with van der Waals surface area (Å²) < 4.78 is 0. The summed E-state index contributed by atoms with van der Waals surface area (Å²) in [6.45, 7) is 7.35. The Morgan fingerprint density at radius 1 is 1.20 bits per heavy atom. The number of rotatable bonds is 0. The third-order valence-electron chi connectivity index (χ3n) is 4.20. The zero-order chi connectivity index (χ0) is 7.35. The molecule has 3 aliphatic carbocycles. The van der Waals surface area contributed by atoms with Crippen LogP contribution in [0.15, 0.2) is 0 Å². The normalized spacial score (nSPS) is 50.1. The van der Waals surface area contributed by atoms with Crippen LogP contribution in [0.2, 0.25) is 0 Å². The van der Waals surface area contributed by atoms with Crippen molar-refractivity contribution in [2.45, 2.75) is 40.0 Å². The summed E-state index contributed by atoms with van der Waals surface area (Å²) in [6, 6.07) is 0. The fourth-order valence-electron chi connectivity index (χ4n) is 3.18. The molecule has 0 aromatic rings. The van der Waals surface area contributed by atoms with E-state index in [1.165, 1.54) is 19.3 Å². The minimum Gasteiger partial charge on any atom is -0.0622 e. The molecule has 0 aromatic heterocycles. The summed E-state index contributed by atoms with van der Waals surface area (Å²) in [5.41, 5.74) is 0.706. The van der Waals surface area contributed by atoms with Crippen LogP contribution in [0.1, 0.15) is 40.0 Å². The Kier molecular flexibility index (Phi) is 1.19. The molecule has 3 rings (SSSR count). The quantitative estimate of drug-likeness (QED) is 0.482. The van der Waals surface area contributed by atoms with Crippen LogP contribution < -0.4 is 0 Å². The fourth-order valence-corrected chi connectivity index (χ4v) is 3.18. The van der Waals surface area contributed by atoms with Crippen LogP contribution in [0, 0.1) is 23.2 Å². The molecule has 0 saturated heterocycles. The first-order valence-electron chi connectivity index (χ1n) is 4.62. The van der Waals surface area contributed by atoms with E-state index in [2.05, 4.69) is 20.8 Å². The Morgan fingerprint density at radius 3 is 2.20 bits per heavy atom. The van der Waals surface area contributed by atoms with Gasteiger partial charge in [0.05, 0.1) is 0 Å². The molecule has 3 atom stereocenters. The van der Waals surface area contributed by atoms with Gasteiger partial charge in [-0.2, -0.15) is 0 Å². The first-order valence-corrected chi connectivity index (χ1v) is 4.62. The Morgan fingerprint density at radius 2 is 1.90 bits per heavy atom. The Bertz CT molecular complexity index is 144. The monoisotopic (exact) mass is 138 g/mol. The van der Waals surface area contributed by atoms with Crippen molar-refractivity contribution in [3.8, 4) is 0 Å². The average molecular weight is 138 g/mol. The smallest absolute Gasteiger partial charge is 0.0295 e. The molecule has 0 aliphatic heterocycles. The lowest BCUT2D eigenvalue weighted by Crippen LogP contribution is -2.51. The lowest BCUT2D eigenvalue weighted by Gasteiger charge is -2.59. The Labute approximate surface area is 64.0 Å². The molecular formula is C10H18. The van der Waals surface area contributed by atoms with Gasteiger partial charge in [-0.15, -0.1) is 0 Å². The average Bonchev–Trinajstić information content (AvgIpc) is 1.87. The zero-order valence-electron chi connectivity index (χ0n) is 7.35. The van der Waals surface area contributed by atoms with Crippen molar-refractivity contribution >= 4 is 0 Å². The summed E-state index contributed by atoms with van der Waals surface area (Å²) in [5, 5.41) is 0. The van der Waals surface area contributed by atoms with Crippen LogP contribution in [0.5, 0.6) is 0 Å². The minimum absolute atomic E-state index is 0.706. The van der Waals surface area contributed by atoms with E-state index in [-0.39, 0.29) is 0 Å². The molecule has 10 heavy (non-hydrogen) atoms. The second-order valence-corrected chi connectivity index (χ2v) is 4.92. The third kappa shape index (κ3) is 0.627. The van der Waals surface area contributed by atoms with E-state index < -0.39 is 0 Å².